The third-order valence-electron chi connectivity index (χ3n) is 1.79. The van der Waals surface area contributed by atoms with Crippen molar-refractivity contribution >= 4 is 22.1 Å². The van der Waals surface area contributed by atoms with E-state index in [0.717, 1.165) is 19.3 Å². The molecule has 0 aliphatic carbocycles. The number of rotatable bonds is 7. The maximum absolute atomic E-state index is 10.2. The van der Waals surface area contributed by atoms with Gasteiger partial charge in [0.05, 0.1) is 0 Å². The van der Waals surface area contributed by atoms with E-state index in [1.165, 1.54) is 12.8 Å². The smallest absolute Gasteiger partial charge is 0.0481 e. The van der Waals surface area contributed by atoms with Gasteiger partial charge in [0.15, 0.2) is 0 Å². The lowest BCUT2D eigenvalue weighted by Crippen LogP contribution is -2.16. The van der Waals surface area contributed by atoms with Gasteiger partial charge in [-0.15, -0.1) is 0 Å². The van der Waals surface area contributed by atoms with Gasteiger partial charge in [0.2, 0.25) is 0 Å². The van der Waals surface area contributed by atoms with Gasteiger partial charge in [0, 0.05) is 67.8 Å². The predicted molar refractivity (Wildman–Crippen MR) is 107 cm³/mol. The highest BCUT2D eigenvalue weighted by molar-refractivity contribution is 7.73. The summed E-state index contributed by atoms with van der Waals surface area (Å²) in [6.07, 6.45) is 5.82. The molecule has 0 fully saturated rings. The molecule has 0 radical (unpaired) electrons. The van der Waals surface area contributed by atoms with Gasteiger partial charge in [0.25, 0.3) is 0 Å². The van der Waals surface area contributed by atoms with Gasteiger partial charge in [-0.2, -0.15) is 0 Å². The van der Waals surface area contributed by atoms with E-state index in [1.807, 2.05) is 0 Å². The third kappa shape index (κ3) is 84.0. The molecule has 0 saturated carbocycles. The minimum absolute atomic E-state index is 0.168. The Balaban J connectivity index is -0.000000298. The van der Waals surface area contributed by atoms with E-state index < -0.39 is 7.60 Å². The Morgan fingerprint density at radius 2 is 0.955 bits per heavy atom. The summed E-state index contributed by atoms with van der Waals surface area (Å²) in [5.74, 6) is 0. The molecule has 0 rings (SSSR count). The molecule has 0 aromatic rings. The van der Waals surface area contributed by atoms with Crippen LogP contribution in [0.5, 0.6) is 0 Å². The lowest BCUT2D eigenvalue weighted by molar-refractivity contribution is -0.313. The molecule has 138 valence electrons. The van der Waals surface area contributed by atoms with Crippen LogP contribution in [0.1, 0.15) is 45.4 Å². The summed E-state index contributed by atoms with van der Waals surface area (Å²) in [6.45, 7) is 20.5. The number of hydrogen-bond donors (Lipinski definition) is 0. The monoisotopic (exact) mass is 374 g/mol. The summed E-state index contributed by atoms with van der Waals surface area (Å²) in [7, 11) is -5.00. The molecular formula is C16H41O3P3. The second-order valence-electron chi connectivity index (χ2n) is 8.47. The second-order valence-corrected chi connectivity index (χ2v) is 20.9. The molecule has 0 heterocycles. The van der Waals surface area contributed by atoms with Crippen molar-refractivity contribution in [3.8, 4) is 0 Å². The Bertz CT molecular complexity index is 251. The molecule has 0 aromatic carbocycles. The van der Waals surface area contributed by atoms with Gasteiger partial charge in [-0.25, -0.2) is 0 Å². The Hall–Kier alpha value is 1.01. The van der Waals surface area contributed by atoms with Crippen molar-refractivity contribution in [1.29, 1.82) is 0 Å². The highest BCUT2D eigenvalue weighted by Crippen LogP contribution is 2.40. The second kappa shape index (κ2) is 14.4. The first-order valence-corrected chi connectivity index (χ1v) is 17.0. The van der Waals surface area contributed by atoms with Gasteiger partial charge < -0.3 is 14.4 Å². The summed E-state index contributed by atoms with van der Waals surface area (Å²) < 4.78 is 10.2. The molecule has 0 spiro atoms. The summed E-state index contributed by atoms with van der Waals surface area (Å²) in [6, 6.07) is 0. The highest BCUT2D eigenvalue weighted by atomic mass is 31.2. The van der Waals surface area contributed by atoms with E-state index >= 15 is 0 Å². The normalized spacial score (nSPS) is 12.0. The van der Waals surface area contributed by atoms with Gasteiger partial charge in [-0.1, -0.05) is 46.6 Å². The molecular weight excluding hydrogens is 333 g/mol. The third-order valence-corrected chi connectivity index (χ3v) is 2.65. The summed E-state index contributed by atoms with van der Waals surface area (Å²) in [4.78, 5) is 20.4. The largest absolute Gasteiger partial charge is 0.811 e. The standard InChI is InChI=1S/C8H19O3P.2C4H12P/c1-2-3-4-5-6-7-8-12(9,10)11;2*1-5(2,3)4/h2-8H2,1H3,(H2,9,10,11);2*1-4H3/q;2*+1/p-2. The molecule has 0 aromatic heterocycles. The summed E-state index contributed by atoms with van der Waals surface area (Å²) >= 11 is 0. The lowest BCUT2D eigenvalue weighted by atomic mass is 10.1. The Kier molecular flexibility index (Phi) is 18.2. The molecule has 0 bridgehead atoms. The number of hydrogen-bond acceptors (Lipinski definition) is 3. The Morgan fingerprint density at radius 1 is 0.682 bits per heavy atom. The first kappa shape index (κ1) is 27.8. The van der Waals surface area contributed by atoms with Crippen LogP contribution in [0.15, 0.2) is 0 Å². The van der Waals surface area contributed by atoms with Crippen LogP contribution in [-0.2, 0) is 4.57 Å². The summed E-state index contributed by atoms with van der Waals surface area (Å²) in [5, 5.41) is 0. The van der Waals surface area contributed by atoms with E-state index in [0.29, 0.717) is 6.42 Å². The fourth-order valence-electron chi connectivity index (χ4n) is 1.09. The van der Waals surface area contributed by atoms with Gasteiger partial charge in [-0.3, -0.25) is 0 Å². The SMILES string of the molecule is CCCCCCCCP(=O)([O-])[O-].C[P+](C)(C)C.C[P+](C)(C)C. The summed E-state index contributed by atoms with van der Waals surface area (Å²) in [5.41, 5.74) is 0. The quantitative estimate of drug-likeness (QED) is 0.493. The molecule has 0 unspecified atom stereocenters. The van der Waals surface area contributed by atoms with Gasteiger partial charge in [-0.05, 0) is 12.6 Å². The zero-order chi connectivity index (χ0) is 18.4. The maximum atomic E-state index is 10.2. The van der Waals surface area contributed by atoms with E-state index in [2.05, 4.69) is 60.2 Å². The zero-order valence-electron chi connectivity index (χ0n) is 16.5. The van der Waals surface area contributed by atoms with Crippen molar-refractivity contribution in [2.24, 2.45) is 0 Å². The fraction of sp³-hybridized carbons (Fsp3) is 1.00. The van der Waals surface area contributed by atoms with Crippen LogP contribution >= 0.6 is 22.1 Å². The molecule has 22 heavy (non-hydrogen) atoms. The van der Waals surface area contributed by atoms with Crippen LogP contribution in [0.3, 0.4) is 0 Å². The van der Waals surface area contributed by atoms with Crippen molar-refractivity contribution in [3.63, 3.8) is 0 Å². The van der Waals surface area contributed by atoms with Crippen molar-refractivity contribution in [3.05, 3.63) is 0 Å². The zero-order valence-corrected chi connectivity index (χ0v) is 19.2. The topological polar surface area (TPSA) is 63.2 Å². The van der Waals surface area contributed by atoms with E-state index in [9.17, 15) is 14.4 Å². The minimum atomic E-state index is -4.22. The fourth-order valence-corrected chi connectivity index (χ4v) is 1.70. The average Bonchev–Trinajstić information content (AvgIpc) is 2.16. The van der Waals surface area contributed by atoms with Crippen LogP contribution in [0, 0.1) is 0 Å². The average molecular weight is 374 g/mol. The molecule has 3 nitrogen and oxygen atoms in total. The van der Waals surface area contributed by atoms with Crippen molar-refractivity contribution in [1.82, 2.24) is 0 Å². The van der Waals surface area contributed by atoms with E-state index in [4.69, 9.17) is 0 Å². The van der Waals surface area contributed by atoms with Crippen LogP contribution in [0.4, 0.5) is 0 Å². The maximum Gasteiger partial charge on any atom is 0.0481 e. The van der Waals surface area contributed by atoms with Crippen LogP contribution in [0.2, 0.25) is 0 Å². The molecule has 6 heteroatoms. The predicted octanol–water partition coefficient (Wildman–Crippen LogP) is 4.31. The highest BCUT2D eigenvalue weighted by Gasteiger charge is 2.03. The van der Waals surface area contributed by atoms with Gasteiger partial charge in [0.1, 0.15) is 0 Å². The first-order valence-electron chi connectivity index (χ1n) is 8.15. The molecule has 0 amide bonds. The van der Waals surface area contributed by atoms with Crippen molar-refractivity contribution < 1.29 is 14.4 Å². The Labute approximate surface area is 141 Å². The molecule has 0 aliphatic heterocycles. The van der Waals surface area contributed by atoms with E-state index in [-0.39, 0.29) is 20.7 Å². The van der Waals surface area contributed by atoms with Crippen LogP contribution < -0.4 is 9.79 Å². The number of unbranched alkanes of at least 4 members (excludes halogenated alkanes) is 5. The molecule has 0 N–H and O–H groups in total. The lowest BCUT2D eigenvalue weighted by Gasteiger charge is -2.29. The van der Waals surface area contributed by atoms with Crippen molar-refractivity contribution in [2.45, 2.75) is 45.4 Å². The van der Waals surface area contributed by atoms with Gasteiger partial charge >= 0.3 is 0 Å². The van der Waals surface area contributed by atoms with Crippen LogP contribution in [0.25, 0.3) is 0 Å². The van der Waals surface area contributed by atoms with Crippen molar-refractivity contribution in [2.75, 3.05) is 59.5 Å². The molecule has 0 saturated heterocycles. The molecule has 0 aliphatic rings. The Morgan fingerprint density at radius 3 is 1.23 bits per heavy atom. The van der Waals surface area contributed by atoms with E-state index in [1.54, 1.807) is 0 Å². The van der Waals surface area contributed by atoms with Crippen LogP contribution in [-0.4, -0.2) is 59.5 Å². The minimum Gasteiger partial charge on any atom is -0.811 e. The molecule has 0 atom stereocenters. The first-order chi connectivity index (χ1) is 9.56.